The minimum absolute atomic E-state index is 0.107. The first-order valence-corrected chi connectivity index (χ1v) is 6.55. The van der Waals surface area contributed by atoms with E-state index in [9.17, 15) is 18.4 Å². The molecule has 22 heavy (non-hydrogen) atoms. The molecule has 0 saturated heterocycles. The molecular formula is C16H14F2N2O2. The summed E-state index contributed by atoms with van der Waals surface area (Å²) in [5.41, 5.74) is 1.13. The number of carbonyl (C=O) groups excluding carboxylic acids is 2. The van der Waals surface area contributed by atoms with Gasteiger partial charge >= 0.3 is 0 Å². The zero-order chi connectivity index (χ0) is 16.1. The van der Waals surface area contributed by atoms with Gasteiger partial charge in [-0.2, -0.15) is 0 Å². The number of amides is 1. The van der Waals surface area contributed by atoms with E-state index in [1.165, 1.54) is 6.92 Å². The highest BCUT2D eigenvalue weighted by Gasteiger charge is 2.06. The van der Waals surface area contributed by atoms with Gasteiger partial charge in [-0.3, -0.25) is 9.59 Å². The third-order valence-corrected chi connectivity index (χ3v) is 2.87. The Balaban J connectivity index is 1.95. The molecular weight excluding hydrogens is 290 g/mol. The van der Waals surface area contributed by atoms with Crippen LogP contribution in [0.3, 0.4) is 0 Å². The molecule has 0 radical (unpaired) electrons. The topological polar surface area (TPSA) is 58.2 Å². The predicted molar refractivity (Wildman–Crippen MR) is 79.9 cm³/mol. The van der Waals surface area contributed by atoms with Gasteiger partial charge in [-0.25, -0.2) is 8.78 Å². The number of hydrogen-bond donors (Lipinski definition) is 2. The number of benzene rings is 2. The van der Waals surface area contributed by atoms with E-state index in [4.69, 9.17) is 0 Å². The SMILES string of the molecule is CC(=O)c1cccc(NC(=O)CNc2cc(F)cc(F)c2)c1. The van der Waals surface area contributed by atoms with Gasteiger partial charge < -0.3 is 10.6 Å². The number of anilines is 2. The Morgan fingerprint density at radius 1 is 1.00 bits per heavy atom. The van der Waals surface area contributed by atoms with Crippen molar-refractivity contribution in [2.45, 2.75) is 6.92 Å². The second-order valence-corrected chi connectivity index (χ2v) is 4.70. The Hall–Kier alpha value is -2.76. The summed E-state index contributed by atoms with van der Waals surface area (Å²) in [7, 11) is 0. The molecule has 2 rings (SSSR count). The number of halogens is 2. The summed E-state index contributed by atoms with van der Waals surface area (Å²) in [5.74, 6) is -1.95. The van der Waals surface area contributed by atoms with E-state index in [0.29, 0.717) is 11.3 Å². The second-order valence-electron chi connectivity index (χ2n) is 4.70. The Labute approximate surface area is 126 Å². The number of hydrogen-bond acceptors (Lipinski definition) is 3. The highest BCUT2D eigenvalue weighted by Crippen LogP contribution is 2.13. The standard InChI is InChI=1S/C16H14F2N2O2/c1-10(21)11-3-2-4-14(5-11)20-16(22)9-19-15-7-12(17)6-13(18)8-15/h2-8,19H,9H2,1H3,(H,20,22). The van der Waals surface area contributed by atoms with Crippen LogP contribution in [0.2, 0.25) is 0 Å². The third kappa shape index (κ3) is 4.37. The van der Waals surface area contributed by atoms with Crippen LogP contribution in [0.25, 0.3) is 0 Å². The molecule has 0 aliphatic carbocycles. The van der Waals surface area contributed by atoms with Gasteiger partial charge in [0.15, 0.2) is 5.78 Å². The maximum atomic E-state index is 13.0. The van der Waals surface area contributed by atoms with Crippen molar-refractivity contribution < 1.29 is 18.4 Å². The van der Waals surface area contributed by atoms with Crippen molar-refractivity contribution in [1.82, 2.24) is 0 Å². The molecule has 2 aromatic rings. The number of Topliss-reactive ketones (excluding diaryl/α,β-unsaturated/α-hetero) is 1. The molecule has 0 aliphatic heterocycles. The summed E-state index contributed by atoms with van der Waals surface area (Å²) in [6.45, 7) is 1.27. The number of nitrogens with one attached hydrogen (secondary N) is 2. The molecule has 0 bridgehead atoms. The molecule has 0 aromatic heterocycles. The van der Waals surface area contributed by atoms with Crippen LogP contribution in [0, 0.1) is 11.6 Å². The molecule has 2 N–H and O–H groups in total. The largest absolute Gasteiger partial charge is 0.376 e. The van der Waals surface area contributed by atoms with Crippen LogP contribution < -0.4 is 10.6 Å². The fraction of sp³-hybridized carbons (Fsp3) is 0.125. The van der Waals surface area contributed by atoms with E-state index < -0.39 is 17.5 Å². The Bertz CT molecular complexity index is 697. The zero-order valence-corrected chi connectivity index (χ0v) is 11.8. The van der Waals surface area contributed by atoms with Gasteiger partial charge in [-0.1, -0.05) is 12.1 Å². The van der Waals surface area contributed by atoms with E-state index in [2.05, 4.69) is 10.6 Å². The Morgan fingerprint density at radius 2 is 1.68 bits per heavy atom. The smallest absolute Gasteiger partial charge is 0.243 e. The lowest BCUT2D eigenvalue weighted by Gasteiger charge is -2.09. The summed E-state index contributed by atoms with van der Waals surface area (Å²) in [6.07, 6.45) is 0. The first-order valence-electron chi connectivity index (χ1n) is 6.55. The molecule has 6 heteroatoms. The van der Waals surface area contributed by atoms with Gasteiger partial charge in [-0.05, 0) is 31.2 Å². The predicted octanol–water partition coefficient (Wildman–Crippen LogP) is 3.22. The van der Waals surface area contributed by atoms with Crippen molar-refractivity contribution in [3.05, 3.63) is 59.7 Å². The summed E-state index contributed by atoms with van der Waals surface area (Å²) in [5, 5.41) is 5.22. The lowest BCUT2D eigenvalue weighted by Crippen LogP contribution is -2.22. The first-order chi connectivity index (χ1) is 10.4. The monoisotopic (exact) mass is 304 g/mol. The quantitative estimate of drug-likeness (QED) is 0.834. The fourth-order valence-electron chi connectivity index (χ4n) is 1.86. The highest BCUT2D eigenvalue weighted by molar-refractivity contribution is 5.98. The summed E-state index contributed by atoms with van der Waals surface area (Å²) in [6, 6.07) is 9.43. The van der Waals surface area contributed by atoms with E-state index >= 15 is 0 Å². The van der Waals surface area contributed by atoms with Crippen molar-refractivity contribution in [2.24, 2.45) is 0 Å². The van der Waals surface area contributed by atoms with Crippen molar-refractivity contribution >= 4 is 23.1 Å². The molecule has 4 nitrogen and oxygen atoms in total. The highest BCUT2D eigenvalue weighted by atomic mass is 19.1. The minimum Gasteiger partial charge on any atom is -0.376 e. The number of carbonyl (C=O) groups is 2. The molecule has 0 aliphatic rings. The Morgan fingerprint density at radius 3 is 2.32 bits per heavy atom. The van der Waals surface area contributed by atoms with Gasteiger partial charge in [0.1, 0.15) is 11.6 Å². The van der Waals surface area contributed by atoms with Gasteiger partial charge in [0.05, 0.1) is 6.54 Å². The van der Waals surface area contributed by atoms with Crippen LogP contribution in [-0.4, -0.2) is 18.2 Å². The van der Waals surface area contributed by atoms with Gasteiger partial charge in [-0.15, -0.1) is 0 Å². The maximum absolute atomic E-state index is 13.0. The van der Waals surface area contributed by atoms with Crippen LogP contribution in [0.1, 0.15) is 17.3 Å². The molecule has 0 unspecified atom stereocenters. The van der Waals surface area contributed by atoms with E-state index in [1.807, 2.05) is 0 Å². The van der Waals surface area contributed by atoms with Crippen LogP contribution in [0.5, 0.6) is 0 Å². The third-order valence-electron chi connectivity index (χ3n) is 2.87. The average molecular weight is 304 g/mol. The number of ketones is 1. The zero-order valence-electron chi connectivity index (χ0n) is 11.8. The molecule has 0 fully saturated rings. The van der Waals surface area contributed by atoms with E-state index in [1.54, 1.807) is 24.3 Å². The van der Waals surface area contributed by atoms with Gasteiger partial charge in [0.2, 0.25) is 5.91 Å². The van der Waals surface area contributed by atoms with Crippen LogP contribution >= 0.6 is 0 Å². The van der Waals surface area contributed by atoms with E-state index in [-0.39, 0.29) is 18.0 Å². The van der Waals surface area contributed by atoms with Crippen molar-refractivity contribution in [3.63, 3.8) is 0 Å². The molecule has 0 atom stereocenters. The first kappa shape index (κ1) is 15.6. The van der Waals surface area contributed by atoms with E-state index in [0.717, 1.165) is 18.2 Å². The average Bonchev–Trinajstić information content (AvgIpc) is 2.44. The molecule has 1 amide bonds. The normalized spacial score (nSPS) is 10.1. The van der Waals surface area contributed by atoms with Gasteiger partial charge in [0.25, 0.3) is 0 Å². The second kappa shape index (κ2) is 6.80. The lowest BCUT2D eigenvalue weighted by molar-refractivity contribution is -0.114. The molecule has 114 valence electrons. The van der Waals surface area contributed by atoms with Crippen LogP contribution in [0.4, 0.5) is 20.2 Å². The summed E-state index contributed by atoms with van der Waals surface area (Å²) >= 11 is 0. The molecule has 0 heterocycles. The van der Waals surface area contributed by atoms with Crippen molar-refractivity contribution in [1.29, 1.82) is 0 Å². The minimum atomic E-state index is -0.725. The molecule has 2 aromatic carbocycles. The fourth-order valence-corrected chi connectivity index (χ4v) is 1.86. The molecule has 0 spiro atoms. The van der Waals surface area contributed by atoms with Crippen LogP contribution in [-0.2, 0) is 4.79 Å². The molecule has 0 saturated carbocycles. The van der Waals surface area contributed by atoms with Crippen LogP contribution in [0.15, 0.2) is 42.5 Å². The lowest BCUT2D eigenvalue weighted by atomic mass is 10.1. The maximum Gasteiger partial charge on any atom is 0.243 e. The van der Waals surface area contributed by atoms with Crippen molar-refractivity contribution in [2.75, 3.05) is 17.2 Å². The van der Waals surface area contributed by atoms with Gasteiger partial charge in [0, 0.05) is 23.0 Å². The van der Waals surface area contributed by atoms with Crippen molar-refractivity contribution in [3.8, 4) is 0 Å². The summed E-state index contributed by atoms with van der Waals surface area (Å²) in [4.78, 5) is 23.1. The summed E-state index contributed by atoms with van der Waals surface area (Å²) < 4.78 is 26.0. The Kier molecular flexibility index (Phi) is 4.83. The number of rotatable bonds is 5.